The number of carbonyl (C=O) groups is 1. The van der Waals surface area contributed by atoms with Crippen LogP contribution in [0.2, 0.25) is 0 Å². The smallest absolute Gasteiger partial charge is 0.407 e. The molecule has 0 spiro atoms. The zero-order valence-electron chi connectivity index (χ0n) is 15.5. The van der Waals surface area contributed by atoms with Crippen molar-refractivity contribution < 1.29 is 42.7 Å². The number of halogens is 2. The molecule has 0 heterocycles. The number of amides is 1. The highest BCUT2D eigenvalue weighted by molar-refractivity contribution is 5.67. The monoisotopic (exact) mass is 405 g/mol. The maximum Gasteiger partial charge on any atom is 0.407 e. The predicted octanol–water partition coefficient (Wildman–Crippen LogP) is 1.42. The van der Waals surface area contributed by atoms with E-state index < -0.39 is 43.3 Å². The Morgan fingerprint density at radius 1 is 1.21 bits per heavy atom. The van der Waals surface area contributed by atoms with Gasteiger partial charge in [0.25, 0.3) is 0 Å². The summed E-state index contributed by atoms with van der Waals surface area (Å²) < 4.78 is 47.2. The van der Waals surface area contributed by atoms with Crippen molar-refractivity contribution >= 4 is 6.09 Å². The van der Waals surface area contributed by atoms with Crippen LogP contribution in [-0.2, 0) is 25.6 Å². The maximum absolute atomic E-state index is 14.1. The molecule has 3 N–H and O–H groups in total. The largest absolute Gasteiger partial charge is 0.466 e. The molecular formula is C18H25F2NO7. The van der Waals surface area contributed by atoms with E-state index in [1.807, 2.05) is 0 Å². The second-order valence-corrected chi connectivity index (χ2v) is 5.66. The van der Waals surface area contributed by atoms with E-state index in [2.05, 4.69) is 16.6 Å². The number of hydrogen-bond donors (Lipinski definition) is 3. The van der Waals surface area contributed by atoms with Gasteiger partial charge in [-0.25, -0.2) is 4.79 Å². The van der Waals surface area contributed by atoms with Crippen LogP contribution in [-0.4, -0.2) is 68.1 Å². The number of hydrogen-bond acceptors (Lipinski definition) is 7. The number of rotatable bonds is 13. The lowest BCUT2D eigenvalue weighted by Gasteiger charge is -2.27. The van der Waals surface area contributed by atoms with Gasteiger partial charge in [0.1, 0.15) is 12.7 Å². The van der Waals surface area contributed by atoms with Gasteiger partial charge in [-0.1, -0.05) is 36.9 Å². The molecule has 10 heteroatoms. The first kappa shape index (κ1) is 23.8. The average Bonchev–Trinajstić information content (AvgIpc) is 2.70. The van der Waals surface area contributed by atoms with Crippen LogP contribution >= 0.6 is 0 Å². The second-order valence-electron chi connectivity index (χ2n) is 5.66. The Hall–Kier alpha value is -2.27. The molecule has 1 amide bonds. The van der Waals surface area contributed by atoms with E-state index in [9.17, 15) is 23.8 Å². The van der Waals surface area contributed by atoms with E-state index in [0.29, 0.717) is 0 Å². The molecule has 28 heavy (non-hydrogen) atoms. The Bertz CT molecular complexity index is 601. The molecule has 0 fully saturated rings. The minimum Gasteiger partial charge on any atom is -0.466 e. The topological polar surface area (TPSA) is 106 Å². The van der Waals surface area contributed by atoms with Gasteiger partial charge in [-0.2, -0.15) is 8.78 Å². The zero-order valence-corrected chi connectivity index (χ0v) is 15.5. The van der Waals surface area contributed by atoms with Crippen LogP contribution in [0.1, 0.15) is 5.56 Å². The van der Waals surface area contributed by atoms with Gasteiger partial charge in [0.2, 0.25) is 0 Å². The van der Waals surface area contributed by atoms with Crippen LogP contribution in [0.3, 0.4) is 0 Å². The first-order valence-corrected chi connectivity index (χ1v) is 8.36. The Kier molecular flexibility index (Phi) is 10.4. The summed E-state index contributed by atoms with van der Waals surface area (Å²) in [6, 6.07) is 8.78. The van der Waals surface area contributed by atoms with E-state index in [0.717, 1.165) is 5.56 Å². The van der Waals surface area contributed by atoms with Crippen LogP contribution in [0.15, 0.2) is 42.7 Å². The Balaban J connectivity index is 2.37. The van der Waals surface area contributed by atoms with Gasteiger partial charge in [0.05, 0.1) is 13.2 Å². The van der Waals surface area contributed by atoms with E-state index in [1.165, 1.54) is 7.11 Å². The highest BCUT2D eigenvalue weighted by Gasteiger charge is 2.47. The highest BCUT2D eigenvalue weighted by Crippen LogP contribution is 2.29. The first-order chi connectivity index (χ1) is 13.3. The molecule has 0 saturated carbocycles. The molecule has 0 radical (unpaired) electrons. The third-order valence-electron chi connectivity index (χ3n) is 3.52. The normalized spacial score (nSPS) is 13.5. The lowest BCUT2D eigenvalue weighted by atomic mass is 10.1. The number of methoxy groups -OCH3 is 1. The van der Waals surface area contributed by atoms with Crippen LogP contribution in [0.25, 0.3) is 0 Å². The molecule has 158 valence electrons. The fourth-order valence-corrected chi connectivity index (χ4v) is 1.89. The molecule has 1 aromatic rings. The molecule has 0 bridgehead atoms. The van der Waals surface area contributed by atoms with Crippen molar-refractivity contribution in [2.24, 2.45) is 0 Å². The maximum atomic E-state index is 14.1. The summed E-state index contributed by atoms with van der Waals surface area (Å²) in [6.07, 6.45) is -5.48. The van der Waals surface area contributed by atoms with Crippen molar-refractivity contribution in [1.29, 1.82) is 0 Å². The molecule has 0 saturated heterocycles. The van der Waals surface area contributed by atoms with Crippen molar-refractivity contribution in [3.8, 4) is 0 Å². The molecule has 2 atom stereocenters. The third-order valence-corrected chi connectivity index (χ3v) is 3.52. The van der Waals surface area contributed by atoms with Crippen molar-refractivity contribution in [2.75, 3.05) is 33.7 Å². The zero-order chi connectivity index (χ0) is 21.0. The average molecular weight is 405 g/mol. The summed E-state index contributed by atoms with van der Waals surface area (Å²) in [5.74, 6) is -5.05. The summed E-state index contributed by atoms with van der Waals surface area (Å²) in [7, 11) is 1.44. The first-order valence-electron chi connectivity index (χ1n) is 8.36. The molecule has 0 aliphatic rings. The van der Waals surface area contributed by atoms with Crippen molar-refractivity contribution in [3.05, 3.63) is 48.2 Å². The molecule has 0 aliphatic heterocycles. The molecule has 0 unspecified atom stereocenters. The minimum absolute atomic E-state index is 0.0325. The molecule has 0 aromatic heterocycles. The second kappa shape index (κ2) is 12.2. The van der Waals surface area contributed by atoms with Crippen LogP contribution in [0.4, 0.5) is 13.6 Å². The Labute approximate surface area is 161 Å². The number of alkyl carbamates (subject to hydrolysis) is 1. The Morgan fingerprint density at radius 2 is 1.89 bits per heavy atom. The molecule has 1 rings (SSSR count). The van der Waals surface area contributed by atoms with Crippen molar-refractivity contribution in [2.45, 2.75) is 24.7 Å². The van der Waals surface area contributed by atoms with E-state index in [4.69, 9.17) is 14.2 Å². The quantitative estimate of drug-likeness (QED) is 0.259. The fourth-order valence-electron chi connectivity index (χ4n) is 1.89. The molecule has 1 aromatic carbocycles. The van der Waals surface area contributed by atoms with Gasteiger partial charge in [-0.15, -0.1) is 0 Å². The number of aliphatic hydroxyl groups excluding tert-OH is 2. The van der Waals surface area contributed by atoms with Crippen LogP contribution in [0.5, 0.6) is 0 Å². The number of aliphatic hydroxyl groups is 2. The lowest BCUT2D eigenvalue weighted by Crippen LogP contribution is -2.49. The van der Waals surface area contributed by atoms with Gasteiger partial charge in [0, 0.05) is 13.7 Å². The van der Waals surface area contributed by atoms with Gasteiger partial charge in [-0.3, -0.25) is 0 Å². The van der Waals surface area contributed by atoms with Crippen molar-refractivity contribution in [3.63, 3.8) is 0 Å². The summed E-state index contributed by atoms with van der Waals surface area (Å²) in [5, 5.41) is 21.5. The van der Waals surface area contributed by atoms with Gasteiger partial charge in [0.15, 0.2) is 18.7 Å². The van der Waals surface area contributed by atoms with Crippen LogP contribution in [0, 0.1) is 0 Å². The van der Waals surface area contributed by atoms with Gasteiger partial charge < -0.3 is 34.5 Å². The SMILES string of the molecule is C=C(OCOCCOC)C(F)(F)[C@@H](O)[C@H](O)CNC(=O)OCc1ccccc1. The number of carbonyl (C=O) groups excluding carboxylic acids is 1. The number of ether oxygens (including phenoxy) is 4. The van der Waals surface area contributed by atoms with E-state index in [1.54, 1.807) is 30.3 Å². The minimum atomic E-state index is -3.97. The fraction of sp³-hybridized carbons (Fsp3) is 0.500. The molecule has 8 nitrogen and oxygen atoms in total. The van der Waals surface area contributed by atoms with Gasteiger partial charge in [-0.05, 0) is 5.56 Å². The number of nitrogens with one attached hydrogen (secondary N) is 1. The van der Waals surface area contributed by atoms with Gasteiger partial charge >= 0.3 is 12.0 Å². The predicted molar refractivity (Wildman–Crippen MR) is 94.5 cm³/mol. The summed E-state index contributed by atoms with van der Waals surface area (Å²) in [4.78, 5) is 11.6. The Morgan fingerprint density at radius 3 is 2.54 bits per heavy atom. The number of benzene rings is 1. The highest BCUT2D eigenvalue weighted by atomic mass is 19.3. The molecule has 0 aliphatic carbocycles. The lowest BCUT2D eigenvalue weighted by molar-refractivity contribution is -0.163. The van der Waals surface area contributed by atoms with Crippen molar-refractivity contribution in [1.82, 2.24) is 5.32 Å². The summed E-state index contributed by atoms with van der Waals surface area (Å²) in [6.45, 7) is 2.19. The summed E-state index contributed by atoms with van der Waals surface area (Å²) in [5.41, 5.74) is 0.728. The standard InChI is InChI=1S/C18H25F2NO7/c1-13(28-12-26-9-8-25-2)18(19,20)16(23)15(22)10-21-17(24)27-11-14-6-4-3-5-7-14/h3-7,15-16,22-23H,1,8-12H2,2H3,(H,21,24)/t15-,16+/m1/s1. The molecular weight excluding hydrogens is 380 g/mol. The van der Waals surface area contributed by atoms with E-state index >= 15 is 0 Å². The van der Waals surface area contributed by atoms with Crippen LogP contribution < -0.4 is 5.32 Å². The number of alkyl halides is 2. The van der Waals surface area contributed by atoms with E-state index in [-0.39, 0.29) is 19.8 Å². The summed E-state index contributed by atoms with van der Waals surface area (Å²) >= 11 is 0. The third kappa shape index (κ3) is 8.17.